The predicted molar refractivity (Wildman–Crippen MR) is 150 cm³/mol. The van der Waals surface area contributed by atoms with E-state index < -0.39 is 0 Å². The molecule has 1 fully saturated rings. The highest BCUT2D eigenvalue weighted by atomic mass is 16.2. The number of anilines is 2. The van der Waals surface area contributed by atoms with E-state index in [4.69, 9.17) is 0 Å². The van der Waals surface area contributed by atoms with Crippen LogP contribution in [-0.4, -0.2) is 25.4 Å². The standard InChI is InChI=1S/C31H34N4O2/c1-32-19-22-12-15-25(16-13-22)34-29(23-10-6-3-7-11-23)28-26-18-24(14-17-27(26)35-31(28)37)30(36)33-20-21-8-4-2-5-9-21/h3,6-7,10-18,21,32,34H,2,4-5,8-9,19-20H2,1H3,(H,33,36)(H,35,37). The van der Waals surface area contributed by atoms with Gasteiger partial charge in [-0.05, 0) is 67.3 Å². The van der Waals surface area contributed by atoms with Crippen LogP contribution in [0.4, 0.5) is 11.4 Å². The Hall–Kier alpha value is -3.90. The Morgan fingerprint density at radius 1 is 0.919 bits per heavy atom. The lowest BCUT2D eigenvalue weighted by Crippen LogP contribution is -2.30. The van der Waals surface area contributed by atoms with Crippen LogP contribution in [0.3, 0.4) is 0 Å². The van der Waals surface area contributed by atoms with Gasteiger partial charge < -0.3 is 21.3 Å². The van der Waals surface area contributed by atoms with Crippen LogP contribution in [0.5, 0.6) is 0 Å². The van der Waals surface area contributed by atoms with E-state index in [1.807, 2.05) is 61.6 Å². The highest BCUT2D eigenvalue weighted by molar-refractivity contribution is 6.37. The summed E-state index contributed by atoms with van der Waals surface area (Å²) in [5.74, 6) is 0.272. The minimum atomic E-state index is -0.187. The van der Waals surface area contributed by atoms with Gasteiger partial charge in [0.1, 0.15) is 0 Å². The molecule has 0 saturated heterocycles. The first-order chi connectivity index (χ1) is 18.1. The maximum Gasteiger partial charge on any atom is 0.258 e. The quantitative estimate of drug-likeness (QED) is 0.305. The highest BCUT2D eigenvalue weighted by Gasteiger charge is 2.29. The monoisotopic (exact) mass is 494 g/mol. The highest BCUT2D eigenvalue weighted by Crippen LogP contribution is 2.38. The Morgan fingerprint density at radius 3 is 2.41 bits per heavy atom. The minimum Gasteiger partial charge on any atom is -0.354 e. The molecule has 0 bridgehead atoms. The molecule has 5 rings (SSSR count). The largest absolute Gasteiger partial charge is 0.354 e. The summed E-state index contributed by atoms with van der Waals surface area (Å²) in [4.78, 5) is 26.3. The fourth-order valence-electron chi connectivity index (χ4n) is 5.23. The molecule has 3 aromatic rings. The van der Waals surface area contributed by atoms with Crippen LogP contribution >= 0.6 is 0 Å². The maximum atomic E-state index is 13.3. The molecule has 190 valence electrons. The Labute approximate surface area is 218 Å². The van der Waals surface area contributed by atoms with Gasteiger partial charge in [-0.1, -0.05) is 61.7 Å². The lowest BCUT2D eigenvalue weighted by Gasteiger charge is -2.21. The van der Waals surface area contributed by atoms with Gasteiger partial charge in [0.15, 0.2) is 0 Å². The van der Waals surface area contributed by atoms with E-state index in [2.05, 4.69) is 33.4 Å². The number of carbonyl (C=O) groups excluding carboxylic acids is 2. The Kier molecular flexibility index (Phi) is 7.66. The number of hydrogen-bond acceptors (Lipinski definition) is 4. The molecular weight excluding hydrogens is 460 g/mol. The number of amides is 2. The molecule has 37 heavy (non-hydrogen) atoms. The molecule has 2 aliphatic rings. The van der Waals surface area contributed by atoms with Crippen molar-refractivity contribution in [3.8, 4) is 0 Å². The molecule has 0 spiro atoms. The van der Waals surface area contributed by atoms with E-state index in [0.29, 0.717) is 35.0 Å². The van der Waals surface area contributed by atoms with E-state index >= 15 is 0 Å². The van der Waals surface area contributed by atoms with Crippen molar-refractivity contribution in [2.45, 2.75) is 38.6 Å². The first-order valence-electron chi connectivity index (χ1n) is 13.2. The van der Waals surface area contributed by atoms with Gasteiger partial charge in [0.25, 0.3) is 11.8 Å². The molecule has 3 aromatic carbocycles. The van der Waals surface area contributed by atoms with Gasteiger partial charge in [0.2, 0.25) is 0 Å². The average molecular weight is 495 g/mol. The van der Waals surface area contributed by atoms with Crippen molar-refractivity contribution in [2.75, 3.05) is 24.2 Å². The number of rotatable bonds is 8. The van der Waals surface area contributed by atoms with Crippen LogP contribution < -0.4 is 21.3 Å². The molecule has 0 atom stereocenters. The second-order valence-electron chi connectivity index (χ2n) is 9.90. The smallest absolute Gasteiger partial charge is 0.258 e. The number of fused-ring (bicyclic) bond motifs is 1. The molecule has 1 aliphatic heterocycles. The van der Waals surface area contributed by atoms with Gasteiger partial charge in [-0.3, -0.25) is 9.59 Å². The van der Waals surface area contributed by atoms with Crippen molar-refractivity contribution in [3.63, 3.8) is 0 Å². The third kappa shape index (κ3) is 5.75. The van der Waals surface area contributed by atoms with E-state index in [1.165, 1.54) is 37.7 Å². The van der Waals surface area contributed by atoms with Gasteiger partial charge in [0, 0.05) is 35.6 Å². The zero-order valence-corrected chi connectivity index (χ0v) is 21.3. The number of hydrogen-bond donors (Lipinski definition) is 4. The van der Waals surface area contributed by atoms with Crippen LogP contribution in [0.15, 0.2) is 72.8 Å². The Balaban J connectivity index is 1.47. The average Bonchev–Trinajstić information content (AvgIpc) is 3.27. The summed E-state index contributed by atoms with van der Waals surface area (Å²) in [6.45, 7) is 1.49. The number of nitrogens with one attached hydrogen (secondary N) is 4. The van der Waals surface area contributed by atoms with Gasteiger partial charge in [-0.15, -0.1) is 0 Å². The summed E-state index contributed by atoms with van der Waals surface area (Å²) in [6, 6.07) is 23.4. The van der Waals surface area contributed by atoms with Crippen molar-refractivity contribution in [1.82, 2.24) is 10.6 Å². The second-order valence-corrected chi connectivity index (χ2v) is 9.90. The van der Waals surface area contributed by atoms with Crippen LogP contribution in [0.25, 0.3) is 11.3 Å². The molecule has 1 heterocycles. The summed E-state index contributed by atoms with van der Waals surface area (Å²) in [7, 11) is 1.92. The lowest BCUT2D eigenvalue weighted by atomic mass is 9.89. The minimum absolute atomic E-state index is 0.0959. The fraction of sp³-hybridized carbons (Fsp3) is 0.290. The Bertz CT molecular complexity index is 1290. The van der Waals surface area contributed by atoms with Gasteiger partial charge in [-0.25, -0.2) is 0 Å². The molecule has 0 unspecified atom stereocenters. The van der Waals surface area contributed by atoms with Gasteiger partial charge >= 0.3 is 0 Å². The second kappa shape index (κ2) is 11.4. The van der Waals surface area contributed by atoms with Crippen molar-refractivity contribution in [2.24, 2.45) is 5.92 Å². The maximum absolute atomic E-state index is 13.3. The molecule has 1 saturated carbocycles. The van der Waals surface area contributed by atoms with Crippen LogP contribution in [0, 0.1) is 5.92 Å². The van der Waals surface area contributed by atoms with Gasteiger partial charge in [-0.2, -0.15) is 0 Å². The van der Waals surface area contributed by atoms with Gasteiger partial charge in [0.05, 0.1) is 11.3 Å². The van der Waals surface area contributed by atoms with Crippen molar-refractivity contribution < 1.29 is 9.59 Å². The zero-order chi connectivity index (χ0) is 25.6. The Morgan fingerprint density at radius 2 is 1.68 bits per heavy atom. The van der Waals surface area contributed by atoms with Crippen molar-refractivity contribution in [1.29, 1.82) is 0 Å². The molecule has 0 radical (unpaired) electrons. The summed E-state index contributed by atoms with van der Waals surface area (Å²) >= 11 is 0. The van der Waals surface area contributed by atoms with Crippen LogP contribution in [0.2, 0.25) is 0 Å². The molecule has 0 aromatic heterocycles. The predicted octanol–water partition coefficient (Wildman–Crippen LogP) is 5.65. The SMILES string of the molecule is CNCc1ccc(NC(=C2C(=O)Nc3ccc(C(=O)NCC4CCCCC4)cc32)c2ccccc2)cc1. The molecule has 2 amide bonds. The fourth-order valence-corrected chi connectivity index (χ4v) is 5.23. The third-order valence-electron chi connectivity index (χ3n) is 7.22. The van der Waals surface area contributed by atoms with Crippen molar-refractivity contribution in [3.05, 3.63) is 95.1 Å². The molecule has 6 nitrogen and oxygen atoms in total. The number of benzene rings is 3. The summed E-state index contributed by atoms with van der Waals surface area (Å²) in [6.07, 6.45) is 6.14. The zero-order valence-electron chi connectivity index (χ0n) is 21.3. The summed E-state index contributed by atoms with van der Waals surface area (Å²) in [5, 5.41) is 12.8. The van der Waals surface area contributed by atoms with Crippen molar-refractivity contribution >= 4 is 34.5 Å². The topological polar surface area (TPSA) is 82.3 Å². The normalized spacial score (nSPS) is 16.6. The van der Waals surface area contributed by atoms with E-state index in [1.54, 1.807) is 6.07 Å². The molecular formula is C31H34N4O2. The molecule has 6 heteroatoms. The van der Waals surface area contributed by atoms with Crippen LogP contribution in [0.1, 0.15) is 59.2 Å². The van der Waals surface area contributed by atoms with E-state index in [9.17, 15) is 9.59 Å². The third-order valence-corrected chi connectivity index (χ3v) is 7.22. The van der Waals surface area contributed by atoms with E-state index in [0.717, 1.165) is 23.4 Å². The first kappa shape index (κ1) is 24.8. The first-order valence-corrected chi connectivity index (χ1v) is 13.2. The molecule has 4 N–H and O–H groups in total. The summed E-state index contributed by atoms with van der Waals surface area (Å²) in [5.41, 5.74) is 6.19. The van der Waals surface area contributed by atoms with Crippen LogP contribution in [-0.2, 0) is 11.3 Å². The lowest BCUT2D eigenvalue weighted by molar-refractivity contribution is -0.110. The summed E-state index contributed by atoms with van der Waals surface area (Å²) < 4.78 is 0. The van der Waals surface area contributed by atoms with E-state index in [-0.39, 0.29) is 11.8 Å². The number of carbonyl (C=O) groups is 2. The molecule has 1 aliphatic carbocycles.